The zero-order chi connectivity index (χ0) is 69.0. The van der Waals surface area contributed by atoms with E-state index in [1.807, 2.05) is 153 Å². The van der Waals surface area contributed by atoms with Crippen molar-refractivity contribution in [1.29, 1.82) is 0 Å². The highest BCUT2D eigenvalue weighted by atomic mass is 16.6. The van der Waals surface area contributed by atoms with Gasteiger partial charge in [0, 0.05) is 62.8 Å². The van der Waals surface area contributed by atoms with Crippen LogP contribution in [0, 0.1) is 11.8 Å². The van der Waals surface area contributed by atoms with Gasteiger partial charge in [-0.15, -0.1) is 0 Å². The summed E-state index contributed by atoms with van der Waals surface area (Å²) in [4.78, 5) is 103. The van der Waals surface area contributed by atoms with Gasteiger partial charge in [0.25, 0.3) is 0 Å². The number of aromatic amines is 2. The molecular weight excluding hydrogens is 1220 g/mol. The normalized spacial score (nSPS) is 13.4. The van der Waals surface area contributed by atoms with Gasteiger partial charge >= 0.3 is 6.09 Å². The molecule has 0 unspecified atom stereocenters. The van der Waals surface area contributed by atoms with Gasteiger partial charge < -0.3 is 46.6 Å². The molecule has 9 aromatic rings. The molecule has 5 heterocycles. The summed E-state index contributed by atoms with van der Waals surface area (Å²) in [7, 11) is 0. The molecule has 2 aliphatic heterocycles. The third kappa shape index (κ3) is 16.8. The number of nitrogens with zero attached hydrogens (tertiary/aromatic N) is 2. The van der Waals surface area contributed by atoms with E-state index in [2.05, 4.69) is 115 Å². The summed E-state index contributed by atoms with van der Waals surface area (Å²) in [6.07, 6.45) is 7.77. The van der Waals surface area contributed by atoms with Crippen molar-refractivity contribution in [2.75, 3.05) is 5.32 Å². The Bertz CT molecular complexity index is 4560. The van der Waals surface area contributed by atoms with Crippen molar-refractivity contribution in [1.82, 2.24) is 46.5 Å². The molecule has 0 radical (unpaired) electrons. The number of nitrogens with one attached hydrogen (secondary N) is 8. The Balaban J connectivity index is 0.874. The topological polar surface area (TPSA) is 241 Å². The van der Waals surface area contributed by atoms with Crippen LogP contribution in [0.1, 0.15) is 95.7 Å². The van der Waals surface area contributed by atoms with Crippen LogP contribution in [0.2, 0.25) is 0 Å². The first-order chi connectivity index (χ1) is 47.2. The Kier molecular flexibility index (Phi) is 21.2. The molecule has 0 fully saturated rings. The van der Waals surface area contributed by atoms with E-state index in [0.717, 1.165) is 94.8 Å². The average Bonchev–Trinajstić information content (AvgIpc) is 1.61. The van der Waals surface area contributed by atoms with E-state index in [1.54, 1.807) is 53.7 Å². The van der Waals surface area contributed by atoms with Crippen molar-refractivity contribution in [2.24, 2.45) is 11.8 Å². The van der Waals surface area contributed by atoms with E-state index < -0.39 is 77.4 Å². The van der Waals surface area contributed by atoms with Gasteiger partial charge in [-0.05, 0) is 140 Å². The highest BCUT2D eigenvalue weighted by Gasteiger charge is 2.35. The molecule has 11 rings (SSSR count). The number of carbonyl (C=O) groups excluding carboxylic acids is 6. The van der Waals surface area contributed by atoms with Gasteiger partial charge in [-0.2, -0.15) is 0 Å². The monoisotopic (exact) mass is 1310 g/mol. The van der Waals surface area contributed by atoms with E-state index in [0.29, 0.717) is 11.4 Å². The molecule has 2 aliphatic rings. The number of aromatic nitrogens is 4. The van der Waals surface area contributed by atoms with Crippen LogP contribution in [0.15, 0.2) is 200 Å². The Morgan fingerprint density at radius 3 is 1.13 bits per heavy atom. The Labute approximate surface area is 571 Å². The third-order valence-electron chi connectivity index (χ3n) is 16.9. The first-order valence-electron chi connectivity index (χ1n) is 33.2. The van der Waals surface area contributed by atoms with Crippen LogP contribution < -0.4 is 31.9 Å². The zero-order valence-electron chi connectivity index (χ0n) is 56.3. The fourth-order valence-electron chi connectivity index (χ4n) is 12.2. The second-order valence-corrected chi connectivity index (χ2v) is 26.5. The zero-order valence-corrected chi connectivity index (χ0v) is 56.3. The van der Waals surface area contributed by atoms with Crippen LogP contribution >= 0.6 is 0 Å². The Hall–Kier alpha value is -11.5. The van der Waals surface area contributed by atoms with Crippen LogP contribution in [0.4, 0.5) is 10.5 Å². The van der Waals surface area contributed by atoms with Gasteiger partial charge in [0.15, 0.2) is 0 Å². The van der Waals surface area contributed by atoms with Crippen molar-refractivity contribution in [3.8, 4) is 44.5 Å². The number of hydrogen-bond acceptors (Lipinski definition) is 9. The van der Waals surface area contributed by atoms with Crippen molar-refractivity contribution < 1.29 is 33.5 Å². The smallest absolute Gasteiger partial charge is 0.408 e. The van der Waals surface area contributed by atoms with Crippen molar-refractivity contribution in [3.63, 3.8) is 0 Å². The predicted molar refractivity (Wildman–Crippen MR) is 390 cm³/mol. The van der Waals surface area contributed by atoms with Crippen molar-refractivity contribution in [2.45, 2.75) is 110 Å². The lowest BCUT2D eigenvalue weighted by atomic mass is 9.98. The summed E-state index contributed by atoms with van der Waals surface area (Å²) in [5, 5.41) is 17.1. The van der Waals surface area contributed by atoms with E-state index in [-0.39, 0.29) is 25.2 Å². The SMILES string of the molecule is CC(C)C[C@H](NC(=O)OC(C)(C)C)C(=O)N[C@H](C(=O)N[C@@H](Cc1ccccc1)C(=O)N[C@@H](Cc1ccccc1)C(=O)N[C@@H](C)C(=O)Nc1ccc(-c2c3nc(c(-c4ccccc4)c4ccc([nH]4)c(-c4ccccc4)c4nc(c(-c5ccccc5)c5ccc2[nH]5)C=C4)C=C3)cc1)C(C)C. The summed E-state index contributed by atoms with van der Waals surface area (Å²) in [6, 6.07) is 59.0. The van der Waals surface area contributed by atoms with Crippen LogP contribution in [-0.2, 0) is 41.6 Å². The second-order valence-electron chi connectivity index (χ2n) is 26.5. The molecule has 8 N–H and O–H groups in total. The maximum atomic E-state index is 14.8. The van der Waals surface area contributed by atoms with Crippen LogP contribution in [0.3, 0.4) is 0 Å². The highest BCUT2D eigenvalue weighted by molar-refractivity contribution is 6.02. The van der Waals surface area contributed by atoms with E-state index >= 15 is 0 Å². The lowest BCUT2D eigenvalue weighted by Gasteiger charge is -2.29. The number of fused-ring (bicyclic) bond motifs is 8. The summed E-state index contributed by atoms with van der Waals surface area (Å²) in [5.41, 5.74) is 14.9. The molecule has 0 saturated carbocycles. The van der Waals surface area contributed by atoms with E-state index in [1.165, 1.54) is 0 Å². The molecule has 0 saturated heterocycles. The minimum Gasteiger partial charge on any atom is -0.444 e. The summed E-state index contributed by atoms with van der Waals surface area (Å²) in [6.45, 7) is 14.1. The first-order valence-corrected chi connectivity index (χ1v) is 33.2. The van der Waals surface area contributed by atoms with Crippen molar-refractivity contribution in [3.05, 3.63) is 234 Å². The highest BCUT2D eigenvalue weighted by Crippen LogP contribution is 2.39. The summed E-state index contributed by atoms with van der Waals surface area (Å²) < 4.78 is 5.46. The lowest BCUT2D eigenvalue weighted by molar-refractivity contribution is -0.135. The number of carbonyl (C=O) groups is 6. The van der Waals surface area contributed by atoms with Gasteiger partial charge in [-0.1, -0.05) is 191 Å². The average molecular weight is 1310 g/mol. The van der Waals surface area contributed by atoms with Gasteiger partial charge in [0.2, 0.25) is 29.5 Å². The number of hydrogen-bond donors (Lipinski definition) is 8. The molecule has 8 bridgehead atoms. The number of amides is 6. The molecule has 0 aliphatic carbocycles. The number of H-pyrrole nitrogens is 2. The molecule has 6 aromatic carbocycles. The molecule has 498 valence electrons. The first kappa shape index (κ1) is 67.9. The molecule has 17 nitrogen and oxygen atoms in total. The number of benzene rings is 6. The summed E-state index contributed by atoms with van der Waals surface area (Å²) in [5.74, 6) is -3.56. The number of alkyl carbamates (subject to hydrolysis) is 1. The Morgan fingerprint density at radius 2 is 0.755 bits per heavy atom. The quantitative estimate of drug-likeness (QED) is 0.0321. The predicted octanol–water partition coefficient (Wildman–Crippen LogP) is 14.3. The fraction of sp³-hybridized carbons (Fsp3) is 0.235. The van der Waals surface area contributed by atoms with Gasteiger partial charge in [0.05, 0.1) is 22.8 Å². The summed E-state index contributed by atoms with van der Waals surface area (Å²) >= 11 is 0. The lowest BCUT2D eigenvalue weighted by Crippen LogP contribution is -2.60. The maximum Gasteiger partial charge on any atom is 0.408 e. The van der Waals surface area contributed by atoms with Gasteiger partial charge in [-0.3, -0.25) is 24.0 Å². The number of ether oxygens (including phenoxy) is 1. The molecule has 17 heteroatoms. The molecule has 6 amide bonds. The van der Waals surface area contributed by atoms with Crippen LogP contribution in [0.5, 0.6) is 0 Å². The van der Waals surface area contributed by atoms with Crippen LogP contribution in [-0.4, -0.2) is 91.4 Å². The molecule has 98 heavy (non-hydrogen) atoms. The maximum absolute atomic E-state index is 14.8. The fourth-order valence-corrected chi connectivity index (χ4v) is 12.2. The van der Waals surface area contributed by atoms with Crippen molar-refractivity contribution >= 4 is 87.7 Å². The molecule has 3 aromatic heterocycles. The number of rotatable bonds is 22. The third-order valence-corrected chi connectivity index (χ3v) is 16.9. The minimum absolute atomic E-state index is 0.0125. The van der Waals surface area contributed by atoms with Gasteiger partial charge in [-0.25, -0.2) is 14.8 Å². The second kappa shape index (κ2) is 30.5. The minimum atomic E-state index is -1.24. The van der Waals surface area contributed by atoms with Gasteiger partial charge in [0.1, 0.15) is 35.8 Å². The number of anilines is 1. The molecular formula is C81H82N10O7. The van der Waals surface area contributed by atoms with E-state index in [4.69, 9.17) is 14.7 Å². The largest absolute Gasteiger partial charge is 0.444 e. The Morgan fingerprint density at radius 1 is 0.398 bits per heavy atom. The van der Waals surface area contributed by atoms with Crippen LogP contribution in [0.25, 0.3) is 90.9 Å². The molecule has 5 atom stereocenters. The standard InChI is InChI=1S/C81H82N10O7/c1-49(2)46-67(90-80(97)98-81(6,7)8)78(95)91-74(50(3)4)79(96)89-69(48-53-26-16-10-17-27-53)77(94)88-68(47-52-24-14-9-15-25-52)76(93)82-51(5)75(92)83-58-36-34-57(35-37-58)73-65-44-42-63(86-65)71(55-30-20-12-21-31-55)61-40-38-59(84-61)70(54-28-18-11-19-29-54)60-39-41-62(85-60)72(56-32-22-13-23-33-56)64-43-45-66(73)87-64/h9-45,49-51,67-69,74,84,87H,46-48H2,1-8H3,(H,82,93)(H,83,92)(H,88,94)(H,89,96)(H,90,97)(H,91,95)/t51-,67-,68-,69-,74-/m0/s1. The van der Waals surface area contributed by atoms with E-state index in [9.17, 15) is 28.8 Å². The molecule has 0 spiro atoms.